The molecule has 5 heteroatoms. The van der Waals surface area contributed by atoms with Gasteiger partial charge in [-0.25, -0.2) is 0 Å². The number of nitrogens with one attached hydrogen (secondary N) is 2. The normalized spacial score (nSPS) is 14.2. The maximum Gasteiger partial charge on any atom is 0.244 e. The zero-order valence-corrected chi connectivity index (χ0v) is 11.1. The molecule has 0 radical (unpaired) electrons. The van der Waals surface area contributed by atoms with Crippen LogP contribution in [-0.2, 0) is 0 Å². The molecule has 0 aliphatic heterocycles. The van der Waals surface area contributed by atoms with Gasteiger partial charge in [0, 0.05) is 11.7 Å². The number of hydrogen-bond donors (Lipinski definition) is 2. The molecule has 5 nitrogen and oxygen atoms in total. The number of aryl methyl sites for hydroxylation is 2. The Morgan fingerprint density at radius 1 is 1.11 bits per heavy atom. The van der Waals surface area contributed by atoms with Crippen LogP contribution in [0.5, 0.6) is 0 Å². The molecule has 19 heavy (non-hydrogen) atoms. The second kappa shape index (κ2) is 4.84. The molecule has 0 spiro atoms. The van der Waals surface area contributed by atoms with Crippen LogP contribution in [0.15, 0.2) is 24.4 Å². The fourth-order valence-corrected chi connectivity index (χ4v) is 2.03. The highest BCUT2D eigenvalue weighted by molar-refractivity contribution is 5.58. The Balaban J connectivity index is 1.77. The molecule has 2 N–H and O–H groups in total. The van der Waals surface area contributed by atoms with E-state index >= 15 is 0 Å². The Hall–Kier alpha value is -2.17. The molecule has 1 fully saturated rings. The first-order valence-electron chi connectivity index (χ1n) is 6.50. The third kappa shape index (κ3) is 3.19. The van der Waals surface area contributed by atoms with Crippen molar-refractivity contribution in [1.29, 1.82) is 0 Å². The van der Waals surface area contributed by atoms with Gasteiger partial charge >= 0.3 is 0 Å². The average molecular weight is 255 g/mol. The Morgan fingerprint density at radius 3 is 2.53 bits per heavy atom. The van der Waals surface area contributed by atoms with Gasteiger partial charge in [0.2, 0.25) is 5.95 Å². The molecule has 1 heterocycles. The van der Waals surface area contributed by atoms with E-state index < -0.39 is 0 Å². The maximum atomic E-state index is 4.41. The Kier molecular flexibility index (Phi) is 3.03. The molecule has 98 valence electrons. The second-order valence-electron chi connectivity index (χ2n) is 5.09. The lowest BCUT2D eigenvalue weighted by molar-refractivity contribution is 0.947. The summed E-state index contributed by atoms with van der Waals surface area (Å²) in [6, 6.07) is 6.84. The van der Waals surface area contributed by atoms with Crippen molar-refractivity contribution < 1.29 is 0 Å². The first-order chi connectivity index (χ1) is 9.19. The van der Waals surface area contributed by atoms with Crippen LogP contribution in [0.25, 0.3) is 0 Å². The summed E-state index contributed by atoms with van der Waals surface area (Å²) >= 11 is 0. The van der Waals surface area contributed by atoms with Crippen molar-refractivity contribution in [3.05, 3.63) is 35.5 Å². The van der Waals surface area contributed by atoms with E-state index in [0.29, 0.717) is 17.8 Å². The minimum atomic E-state index is 0.526. The molecule has 1 aliphatic carbocycles. The highest BCUT2D eigenvalue weighted by Crippen LogP contribution is 2.23. The molecule has 2 aromatic rings. The summed E-state index contributed by atoms with van der Waals surface area (Å²) in [6.07, 6.45) is 4.02. The van der Waals surface area contributed by atoms with Gasteiger partial charge in [-0.1, -0.05) is 6.07 Å². The van der Waals surface area contributed by atoms with E-state index in [0.717, 1.165) is 5.69 Å². The number of benzene rings is 1. The van der Waals surface area contributed by atoms with Gasteiger partial charge in [-0.3, -0.25) is 0 Å². The molecular formula is C14H17N5. The van der Waals surface area contributed by atoms with Gasteiger partial charge in [0.05, 0.1) is 6.20 Å². The standard InChI is InChI=1S/C14H17N5/c1-9-5-10(2)7-12(6-9)16-13-8-15-19-14(18-13)17-11-3-4-11/h5-8,11H,3-4H2,1-2H3,(H2,16,17,18,19). The van der Waals surface area contributed by atoms with Crippen LogP contribution in [0, 0.1) is 13.8 Å². The monoisotopic (exact) mass is 255 g/mol. The maximum absolute atomic E-state index is 4.41. The summed E-state index contributed by atoms with van der Waals surface area (Å²) in [5, 5.41) is 14.5. The lowest BCUT2D eigenvalue weighted by Gasteiger charge is -2.08. The number of nitrogens with zero attached hydrogens (tertiary/aromatic N) is 3. The van der Waals surface area contributed by atoms with Crippen LogP contribution in [0.4, 0.5) is 17.5 Å². The third-order valence-electron chi connectivity index (χ3n) is 2.96. The highest BCUT2D eigenvalue weighted by Gasteiger charge is 2.22. The van der Waals surface area contributed by atoms with Gasteiger partial charge in [0.25, 0.3) is 0 Å². The van der Waals surface area contributed by atoms with E-state index in [4.69, 9.17) is 0 Å². The van der Waals surface area contributed by atoms with Gasteiger partial charge in [-0.15, -0.1) is 5.10 Å². The van der Waals surface area contributed by atoms with Crippen molar-refractivity contribution in [1.82, 2.24) is 15.2 Å². The molecule has 1 aliphatic rings. The van der Waals surface area contributed by atoms with Crippen molar-refractivity contribution in [3.63, 3.8) is 0 Å². The van der Waals surface area contributed by atoms with Crippen molar-refractivity contribution in [2.45, 2.75) is 32.7 Å². The van der Waals surface area contributed by atoms with E-state index in [1.165, 1.54) is 24.0 Å². The van der Waals surface area contributed by atoms with Crippen LogP contribution in [-0.4, -0.2) is 21.2 Å². The molecule has 3 rings (SSSR count). The third-order valence-corrected chi connectivity index (χ3v) is 2.96. The largest absolute Gasteiger partial charge is 0.350 e. The van der Waals surface area contributed by atoms with Crippen LogP contribution < -0.4 is 10.6 Å². The number of hydrogen-bond acceptors (Lipinski definition) is 5. The van der Waals surface area contributed by atoms with Crippen molar-refractivity contribution in [3.8, 4) is 0 Å². The summed E-state index contributed by atoms with van der Waals surface area (Å²) in [5.41, 5.74) is 3.47. The summed E-state index contributed by atoms with van der Waals surface area (Å²) in [4.78, 5) is 4.41. The van der Waals surface area contributed by atoms with Crippen molar-refractivity contribution >= 4 is 17.5 Å². The fourth-order valence-electron chi connectivity index (χ4n) is 2.03. The quantitative estimate of drug-likeness (QED) is 0.879. The van der Waals surface area contributed by atoms with Gasteiger partial charge in [-0.2, -0.15) is 10.1 Å². The molecular weight excluding hydrogens is 238 g/mol. The molecule has 0 atom stereocenters. The number of rotatable bonds is 4. The van der Waals surface area contributed by atoms with Crippen LogP contribution >= 0.6 is 0 Å². The minimum Gasteiger partial charge on any atom is -0.350 e. The fraction of sp³-hybridized carbons (Fsp3) is 0.357. The number of aromatic nitrogens is 3. The summed E-state index contributed by atoms with van der Waals surface area (Å²) < 4.78 is 0. The SMILES string of the molecule is Cc1cc(C)cc(Nc2cnnc(NC3CC3)n2)c1. The van der Waals surface area contributed by atoms with Crippen LogP contribution in [0.3, 0.4) is 0 Å². The van der Waals surface area contributed by atoms with E-state index in [1.807, 2.05) is 0 Å². The van der Waals surface area contributed by atoms with Gasteiger partial charge < -0.3 is 10.6 Å². The van der Waals surface area contributed by atoms with Crippen molar-refractivity contribution in [2.75, 3.05) is 10.6 Å². The van der Waals surface area contributed by atoms with Crippen LogP contribution in [0.2, 0.25) is 0 Å². The van der Waals surface area contributed by atoms with Gasteiger partial charge in [0.1, 0.15) is 0 Å². The first kappa shape index (κ1) is 11.9. The molecule has 1 saturated carbocycles. The summed E-state index contributed by atoms with van der Waals surface area (Å²) in [6.45, 7) is 4.16. The molecule has 1 aromatic carbocycles. The van der Waals surface area contributed by atoms with E-state index in [-0.39, 0.29) is 0 Å². The highest BCUT2D eigenvalue weighted by atomic mass is 15.3. The Morgan fingerprint density at radius 2 is 1.84 bits per heavy atom. The summed E-state index contributed by atoms with van der Waals surface area (Å²) in [5.74, 6) is 1.31. The van der Waals surface area contributed by atoms with Gasteiger partial charge in [-0.05, 0) is 49.9 Å². The van der Waals surface area contributed by atoms with E-state index in [9.17, 15) is 0 Å². The zero-order valence-electron chi connectivity index (χ0n) is 11.1. The molecule has 0 bridgehead atoms. The average Bonchev–Trinajstić information content (AvgIpc) is 3.12. The molecule has 1 aromatic heterocycles. The van der Waals surface area contributed by atoms with E-state index in [2.05, 4.69) is 57.9 Å². The molecule has 0 amide bonds. The van der Waals surface area contributed by atoms with Gasteiger partial charge in [0.15, 0.2) is 5.82 Å². The first-order valence-corrected chi connectivity index (χ1v) is 6.50. The predicted octanol–water partition coefficient (Wildman–Crippen LogP) is 2.81. The number of anilines is 3. The minimum absolute atomic E-state index is 0.526. The zero-order chi connectivity index (χ0) is 13.2. The van der Waals surface area contributed by atoms with Crippen LogP contribution in [0.1, 0.15) is 24.0 Å². The topological polar surface area (TPSA) is 62.7 Å². The second-order valence-corrected chi connectivity index (χ2v) is 5.09. The lowest BCUT2D eigenvalue weighted by atomic mass is 10.1. The smallest absolute Gasteiger partial charge is 0.244 e. The van der Waals surface area contributed by atoms with E-state index in [1.54, 1.807) is 6.20 Å². The summed E-state index contributed by atoms with van der Waals surface area (Å²) in [7, 11) is 0. The molecule has 0 unspecified atom stereocenters. The predicted molar refractivity (Wildman–Crippen MR) is 75.7 cm³/mol. The Bertz CT molecular complexity index is 572. The molecule has 0 saturated heterocycles. The Labute approximate surface area is 112 Å². The lowest BCUT2D eigenvalue weighted by Crippen LogP contribution is -2.07. The van der Waals surface area contributed by atoms with Crippen molar-refractivity contribution in [2.24, 2.45) is 0 Å².